The van der Waals surface area contributed by atoms with E-state index in [9.17, 15) is 9.90 Å². The van der Waals surface area contributed by atoms with Crippen molar-refractivity contribution in [3.05, 3.63) is 29.3 Å². The smallest absolute Gasteiger partial charge is 0.306 e. The Morgan fingerprint density at radius 2 is 1.76 bits per heavy atom. The summed E-state index contributed by atoms with van der Waals surface area (Å²) < 4.78 is 0. The van der Waals surface area contributed by atoms with Crippen molar-refractivity contribution in [3.63, 3.8) is 0 Å². The van der Waals surface area contributed by atoms with E-state index in [4.69, 9.17) is 5.11 Å². The molecule has 0 aliphatic carbocycles. The van der Waals surface area contributed by atoms with E-state index in [0.717, 1.165) is 12.0 Å². The third-order valence-electron chi connectivity index (χ3n) is 3.78. The molecule has 1 aromatic rings. The van der Waals surface area contributed by atoms with Crippen LogP contribution in [0, 0.1) is 11.3 Å². The summed E-state index contributed by atoms with van der Waals surface area (Å²) in [5, 5.41) is 19.0. The quantitative estimate of drug-likeness (QED) is 0.847. The number of phenolic OH excluding ortho intramolecular Hbond substituents is 1. The van der Waals surface area contributed by atoms with Crippen LogP contribution in [0.2, 0.25) is 0 Å². The Morgan fingerprint density at radius 1 is 1.19 bits per heavy atom. The summed E-state index contributed by atoms with van der Waals surface area (Å²) in [5.41, 5.74) is 2.04. The standard InChI is InChI=1S/C18H28O3/c1-12(16(20)21)9-13-10-14(7-8-15(13)19)18(5,6)11-17(2,3)4/h7-8,10,12,19H,9,11H2,1-6H3,(H,20,21). The Hall–Kier alpha value is -1.51. The highest BCUT2D eigenvalue weighted by atomic mass is 16.4. The molecule has 1 aromatic carbocycles. The maximum Gasteiger partial charge on any atom is 0.306 e. The van der Waals surface area contributed by atoms with E-state index in [2.05, 4.69) is 34.6 Å². The highest BCUT2D eigenvalue weighted by Gasteiger charge is 2.28. The minimum absolute atomic E-state index is 0.0207. The van der Waals surface area contributed by atoms with Gasteiger partial charge in [-0.1, -0.05) is 53.7 Å². The molecule has 0 saturated carbocycles. The third kappa shape index (κ3) is 5.07. The van der Waals surface area contributed by atoms with Crippen molar-refractivity contribution in [2.24, 2.45) is 11.3 Å². The van der Waals surface area contributed by atoms with E-state index >= 15 is 0 Å². The van der Waals surface area contributed by atoms with Gasteiger partial charge in [-0.05, 0) is 40.9 Å². The van der Waals surface area contributed by atoms with Crippen LogP contribution in [0.5, 0.6) is 5.75 Å². The molecule has 118 valence electrons. The summed E-state index contributed by atoms with van der Waals surface area (Å²) in [6, 6.07) is 5.58. The second kappa shape index (κ2) is 6.08. The molecule has 0 fully saturated rings. The number of hydrogen-bond acceptors (Lipinski definition) is 2. The fourth-order valence-corrected chi connectivity index (χ4v) is 3.02. The van der Waals surface area contributed by atoms with E-state index in [1.807, 2.05) is 12.1 Å². The first kappa shape index (κ1) is 17.5. The monoisotopic (exact) mass is 292 g/mol. The van der Waals surface area contributed by atoms with Gasteiger partial charge in [0, 0.05) is 0 Å². The minimum Gasteiger partial charge on any atom is -0.508 e. The van der Waals surface area contributed by atoms with Crippen molar-refractivity contribution < 1.29 is 15.0 Å². The van der Waals surface area contributed by atoms with Crippen LogP contribution in [0.25, 0.3) is 0 Å². The molecule has 0 heterocycles. The normalized spacial score (nSPS) is 14.0. The molecule has 0 saturated heterocycles. The van der Waals surface area contributed by atoms with Gasteiger partial charge in [0.05, 0.1) is 5.92 Å². The van der Waals surface area contributed by atoms with Gasteiger partial charge in [0.2, 0.25) is 0 Å². The third-order valence-corrected chi connectivity index (χ3v) is 3.78. The predicted molar refractivity (Wildman–Crippen MR) is 85.7 cm³/mol. The summed E-state index contributed by atoms with van der Waals surface area (Å²) in [5.74, 6) is -1.16. The number of aliphatic carboxylic acids is 1. The molecule has 0 radical (unpaired) electrons. The lowest BCUT2D eigenvalue weighted by Crippen LogP contribution is -2.25. The van der Waals surface area contributed by atoms with E-state index in [0.29, 0.717) is 12.0 Å². The lowest BCUT2D eigenvalue weighted by molar-refractivity contribution is -0.141. The molecule has 3 heteroatoms. The van der Waals surface area contributed by atoms with Crippen LogP contribution in [0.4, 0.5) is 0 Å². The zero-order valence-corrected chi connectivity index (χ0v) is 14.0. The summed E-state index contributed by atoms with van der Waals surface area (Å²) in [6.07, 6.45) is 1.36. The van der Waals surface area contributed by atoms with Crippen LogP contribution in [0.1, 0.15) is 59.1 Å². The number of aromatic hydroxyl groups is 1. The Morgan fingerprint density at radius 3 is 2.24 bits per heavy atom. The number of carboxylic acid groups (broad SMARTS) is 1. The Labute approximate surface area is 128 Å². The first-order valence-electron chi connectivity index (χ1n) is 7.47. The van der Waals surface area contributed by atoms with Crippen molar-refractivity contribution in [2.45, 2.75) is 59.8 Å². The Kier molecular flexibility index (Phi) is 5.08. The number of carbonyl (C=O) groups is 1. The maximum absolute atomic E-state index is 11.0. The van der Waals surface area contributed by atoms with E-state index < -0.39 is 11.9 Å². The molecule has 0 aliphatic rings. The van der Waals surface area contributed by atoms with Crippen LogP contribution < -0.4 is 0 Å². The summed E-state index contributed by atoms with van der Waals surface area (Å²) in [7, 11) is 0. The van der Waals surface area contributed by atoms with Gasteiger partial charge in [-0.15, -0.1) is 0 Å². The molecule has 2 N–H and O–H groups in total. The van der Waals surface area contributed by atoms with Gasteiger partial charge in [0.1, 0.15) is 5.75 Å². The molecule has 21 heavy (non-hydrogen) atoms. The van der Waals surface area contributed by atoms with Gasteiger partial charge in [0.25, 0.3) is 0 Å². The predicted octanol–water partition coefficient (Wildman–Crippen LogP) is 4.37. The molecule has 3 nitrogen and oxygen atoms in total. The van der Waals surface area contributed by atoms with Crippen LogP contribution in [0.3, 0.4) is 0 Å². The largest absolute Gasteiger partial charge is 0.508 e. The molecule has 0 bridgehead atoms. The molecule has 0 aliphatic heterocycles. The lowest BCUT2D eigenvalue weighted by atomic mass is 9.72. The lowest BCUT2D eigenvalue weighted by Gasteiger charge is -2.33. The van der Waals surface area contributed by atoms with Gasteiger partial charge in [-0.2, -0.15) is 0 Å². The average Bonchev–Trinajstić information content (AvgIpc) is 2.28. The Balaban J connectivity index is 3.08. The van der Waals surface area contributed by atoms with Crippen molar-refractivity contribution in [3.8, 4) is 5.75 Å². The molecule has 1 unspecified atom stereocenters. The van der Waals surface area contributed by atoms with Gasteiger partial charge in [0.15, 0.2) is 0 Å². The van der Waals surface area contributed by atoms with Crippen LogP contribution in [-0.4, -0.2) is 16.2 Å². The highest BCUT2D eigenvalue weighted by Crippen LogP contribution is 2.37. The molecule has 0 spiro atoms. The fourth-order valence-electron chi connectivity index (χ4n) is 3.02. The SMILES string of the molecule is CC(Cc1cc(C(C)(C)CC(C)(C)C)ccc1O)C(=O)O. The topological polar surface area (TPSA) is 57.5 Å². The second-order valence-electron chi connectivity index (χ2n) is 7.91. The van der Waals surface area contributed by atoms with Gasteiger partial charge < -0.3 is 10.2 Å². The van der Waals surface area contributed by atoms with Crippen LogP contribution in [0.15, 0.2) is 18.2 Å². The highest BCUT2D eigenvalue weighted by molar-refractivity contribution is 5.70. The zero-order valence-electron chi connectivity index (χ0n) is 14.0. The molecule has 1 rings (SSSR count). The fraction of sp³-hybridized carbons (Fsp3) is 0.611. The van der Waals surface area contributed by atoms with E-state index in [1.165, 1.54) is 0 Å². The second-order valence-corrected chi connectivity index (χ2v) is 7.91. The first-order valence-corrected chi connectivity index (χ1v) is 7.47. The summed E-state index contributed by atoms with van der Waals surface area (Å²) in [4.78, 5) is 11.0. The molecule has 0 aromatic heterocycles. The van der Waals surface area contributed by atoms with Gasteiger partial charge >= 0.3 is 5.97 Å². The number of rotatable bonds is 5. The maximum atomic E-state index is 11.0. The van der Waals surface area contributed by atoms with E-state index in [1.54, 1.807) is 13.0 Å². The van der Waals surface area contributed by atoms with Crippen LogP contribution in [-0.2, 0) is 16.6 Å². The first-order chi connectivity index (χ1) is 9.42. The minimum atomic E-state index is -0.839. The number of benzene rings is 1. The average molecular weight is 292 g/mol. The zero-order chi connectivity index (χ0) is 16.4. The molecule has 0 amide bonds. The number of phenols is 1. The molecule has 1 atom stereocenters. The van der Waals surface area contributed by atoms with Crippen molar-refractivity contribution in [1.82, 2.24) is 0 Å². The van der Waals surface area contributed by atoms with Crippen LogP contribution >= 0.6 is 0 Å². The van der Waals surface area contributed by atoms with E-state index in [-0.39, 0.29) is 16.6 Å². The number of hydrogen-bond donors (Lipinski definition) is 2. The molecular weight excluding hydrogens is 264 g/mol. The number of carboxylic acids is 1. The van der Waals surface area contributed by atoms with Gasteiger partial charge in [-0.3, -0.25) is 4.79 Å². The van der Waals surface area contributed by atoms with Crippen molar-refractivity contribution in [1.29, 1.82) is 0 Å². The van der Waals surface area contributed by atoms with Gasteiger partial charge in [-0.25, -0.2) is 0 Å². The summed E-state index contributed by atoms with van der Waals surface area (Å²) >= 11 is 0. The van der Waals surface area contributed by atoms with Crippen molar-refractivity contribution in [2.75, 3.05) is 0 Å². The molecular formula is C18H28O3. The summed E-state index contributed by atoms with van der Waals surface area (Å²) in [6.45, 7) is 12.7. The van der Waals surface area contributed by atoms with Crippen molar-refractivity contribution >= 4 is 5.97 Å². The Bertz CT molecular complexity index is 510.